The van der Waals surface area contributed by atoms with Crippen molar-refractivity contribution in [3.63, 3.8) is 0 Å². The fraction of sp³-hybridized carbons (Fsp3) is 0.600. The van der Waals surface area contributed by atoms with Gasteiger partial charge in [-0.25, -0.2) is 4.98 Å². The van der Waals surface area contributed by atoms with E-state index in [-0.39, 0.29) is 23.9 Å². The molecule has 0 spiro atoms. The molecular formula is C15H21N5O4. The first-order chi connectivity index (χ1) is 11.4. The molecule has 3 rings (SSSR count). The Morgan fingerprint density at radius 3 is 2.92 bits per heavy atom. The topological polar surface area (TPSA) is 114 Å². The molecule has 0 radical (unpaired) electrons. The first-order valence-electron chi connectivity index (χ1n) is 7.77. The molecule has 2 N–H and O–H groups in total. The molecule has 0 saturated carbocycles. The molecule has 1 fully saturated rings. The van der Waals surface area contributed by atoms with Crippen molar-refractivity contribution >= 4 is 23.1 Å². The molecule has 9 nitrogen and oxygen atoms in total. The summed E-state index contributed by atoms with van der Waals surface area (Å²) in [6.45, 7) is 5.26. The minimum atomic E-state index is -0.826. The number of carbonyl (C=O) groups excluding carboxylic acids is 1. The van der Waals surface area contributed by atoms with E-state index in [1.165, 1.54) is 14.0 Å². The highest BCUT2D eigenvalue weighted by atomic mass is 16.6. The number of imidazole rings is 1. The van der Waals surface area contributed by atoms with Gasteiger partial charge in [-0.05, 0) is 13.3 Å². The molecule has 0 unspecified atom stereocenters. The Balaban J connectivity index is 2.10. The minimum Gasteiger partial charge on any atom is -0.479 e. The zero-order valence-corrected chi connectivity index (χ0v) is 14.1. The number of carbonyl (C=O) groups is 1. The second kappa shape index (κ2) is 5.90. The van der Waals surface area contributed by atoms with Crippen molar-refractivity contribution < 1.29 is 19.0 Å². The van der Waals surface area contributed by atoms with Crippen LogP contribution in [-0.4, -0.2) is 44.3 Å². The van der Waals surface area contributed by atoms with E-state index >= 15 is 0 Å². The fourth-order valence-corrected chi connectivity index (χ4v) is 3.17. The summed E-state index contributed by atoms with van der Waals surface area (Å²) in [5, 5.41) is 0. The van der Waals surface area contributed by atoms with E-state index in [0.29, 0.717) is 17.6 Å². The van der Waals surface area contributed by atoms with Crippen LogP contribution in [0.4, 0.5) is 5.95 Å². The van der Waals surface area contributed by atoms with Gasteiger partial charge in [-0.3, -0.25) is 9.36 Å². The van der Waals surface area contributed by atoms with E-state index < -0.39 is 11.8 Å². The quantitative estimate of drug-likeness (QED) is 0.835. The van der Waals surface area contributed by atoms with Crippen molar-refractivity contribution in [1.29, 1.82) is 0 Å². The van der Waals surface area contributed by atoms with Gasteiger partial charge in [-0.1, -0.05) is 6.92 Å². The summed E-state index contributed by atoms with van der Waals surface area (Å²) < 4.78 is 18.6. The highest BCUT2D eigenvalue weighted by Crippen LogP contribution is 2.43. The number of fused-ring (bicyclic) bond motifs is 1. The van der Waals surface area contributed by atoms with E-state index in [1.807, 2.05) is 13.8 Å². The molecule has 3 heterocycles. The monoisotopic (exact) mass is 335 g/mol. The van der Waals surface area contributed by atoms with Crippen molar-refractivity contribution in [3.05, 3.63) is 6.33 Å². The maximum Gasteiger partial charge on any atom is 0.303 e. The number of methoxy groups -OCH3 is 1. The molecule has 130 valence electrons. The van der Waals surface area contributed by atoms with Gasteiger partial charge in [0.05, 0.1) is 19.5 Å². The van der Waals surface area contributed by atoms with Gasteiger partial charge in [-0.2, -0.15) is 9.97 Å². The Labute approximate surface area is 139 Å². The number of hydrogen-bond donors (Lipinski definition) is 1. The van der Waals surface area contributed by atoms with E-state index in [1.54, 1.807) is 10.9 Å². The van der Waals surface area contributed by atoms with Gasteiger partial charge in [0.2, 0.25) is 11.8 Å². The average Bonchev–Trinajstić information content (AvgIpc) is 3.06. The first kappa shape index (κ1) is 16.4. The summed E-state index contributed by atoms with van der Waals surface area (Å²) in [4.78, 5) is 24.1. The van der Waals surface area contributed by atoms with Gasteiger partial charge in [0.25, 0.3) is 0 Å². The van der Waals surface area contributed by atoms with E-state index in [2.05, 4.69) is 15.0 Å². The van der Waals surface area contributed by atoms with Gasteiger partial charge in [0.15, 0.2) is 23.0 Å². The summed E-state index contributed by atoms with van der Waals surface area (Å²) in [7, 11) is 1.49. The molecule has 9 heteroatoms. The third-order valence-corrected chi connectivity index (χ3v) is 4.16. The lowest BCUT2D eigenvalue weighted by atomic mass is 9.98. The predicted molar refractivity (Wildman–Crippen MR) is 85.3 cm³/mol. The number of nitrogens with two attached hydrogens (primary N) is 1. The average molecular weight is 335 g/mol. The molecule has 1 aliphatic rings. The predicted octanol–water partition coefficient (Wildman–Crippen LogP) is 1.44. The normalized spacial score (nSPS) is 26.7. The lowest BCUT2D eigenvalue weighted by Gasteiger charge is -2.30. The van der Waals surface area contributed by atoms with Crippen LogP contribution in [0.5, 0.6) is 5.88 Å². The van der Waals surface area contributed by atoms with Crippen LogP contribution in [0.3, 0.4) is 0 Å². The molecule has 1 aliphatic heterocycles. The van der Waals surface area contributed by atoms with Crippen molar-refractivity contribution in [2.45, 2.75) is 51.5 Å². The van der Waals surface area contributed by atoms with Crippen LogP contribution >= 0.6 is 0 Å². The molecule has 0 amide bonds. The number of rotatable bonds is 4. The van der Waals surface area contributed by atoms with Crippen LogP contribution in [0.15, 0.2) is 6.33 Å². The van der Waals surface area contributed by atoms with Gasteiger partial charge in [0.1, 0.15) is 0 Å². The Morgan fingerprint density at radius 2 is 2.29 bits per heavy atom. The third-order valence-electron chi connectivity index (χ3n) is 4.16. The largest absolute Gasteiger partial charge is 0.479 e. The smallest absolute Gasteiger partial charge is 0.303 e. The van der Waals surface area contributed by atoms with Crippen LogP contribution < -0.4 is 10.5 Å². The van der Waals surface area contributed by atoms with Gasteiger partial charge in [0, 0.05) is 13.3 Å². The Morgan fingerprint density at radius 1 is 1.54 bits per heavy atom. The number of ether oxygens (including phenoxy) is 3. The molecular weight excluding hydrogens is 314 g/mol. The molecule has 3 atom stereocenters. The molecule has 2 aromatic heterocycles. The molecule has 0 aliphatic carbocycles. The minimum absolute atomic E-state index is 0.0297. The van der Waals surface area contributed by atoms with E-state index in [9.17, 15) is 4.79 Å². The number of esters is 1. The van der Waals surface area contributed by atoms with Crippen LogP contribution in [0, 0.1) is 0 Å². The maximum absolute atomic E-state index is 11.6. The second-order valence-electron chi connectivity index (χ2n) is 6.04. The summed E-state index contributed by atoms with van der Waals surface area (Å²) in [5.74, 6) is -0.00481. The first-order valence-corrected chi connectivity index (χ1v) is 7.77. The third kappa shape index (κ3) is 2.64. The van der Waals surface area contributed by atoms with Crippen molar-refractivity contribution in [2.75, 3.05) is 12.8 Å². The lowest BCUT2D eigenvalue weighted by Crippen LogP contribution is -2.37. The molecule has 24 heavy (non-hydrogen) atoms. The SMILES string of the molecule is CC[C@@H]1C[C@@](C)(OC(C)=O)[C@H](n2cnc3c(OC)nc(N)nc32)O1. The summed E-state index contributed by atoms with van der Waals surface area (Å²) >= 11 is 0. The summed E-state index contributed by atoms with van der Waals surface area (Å²) in [5.41, 5.74) is 5.88. The van der Waals surface area contributed by atoms with Crippen molar-refractivity contribution in [1.82, 2.24) is 19.5 Å². The lowest BCUT2D eigenvalue weighted by molar-refractivity contribution is -0.167. The van der Waals surface area contributed by atoms with Crippen LogP contribution in [0.1, 0.15) is 39.8 Å². The zero-order chi connectivity index (χ0) is 17.5. The number of hydrogen-bond acceptors (Lipinski definition) is 8. The van der Waals surface area contributed by atoms with Crippen LogP contribution in [0.2, 0.25) is 0 Å². The van der Waals surface area contributed by atoms with Crippen molar-refractivity contribution in [3.8, 4) is 5.88 Å². The standard InChI is InChI=1S/C15H21N5O4/c1-5-9-6-15(3,24-8(2)21)13(23-9)20-7-17-10-11(20)18-14(16)19-12(10)22-4/h7,9,13H,5-6H2,1-4H3,(H2,16,18,19)/t9-,13-,15-/m1/s1. The van der Waals surface area contributed by atoms with Gasteiger partial charge >= 0.3 is 5.97 Å². The Kier molecular flexibility index (Phi) is 4.04. The molecule has 0 bridgehead atoms. The van der Waals surface area contributed by atoms with E-state index in [4.69, 9.17) is 19.9 Å². The van der Waals surface area contributed by atoms with Gasteiger partial charge < -0.3 is 19.9 Å². The van der Waals surface area contributed by atoms with Gasteiger partial charge in [-0.15, -0.1) is 0 Å². The highest BCUT2D eigenvalue weighted by Gasteiger charge is 2.49. The summed E-state index contributed by atoms with van der Waals surface area (Å²) in [6, 6.07) is 0. The van der Waals surface area contributed by atoms with Crippen molar-refractivity contribution in [2.24, 2.45) is 0 Å². The Hall–Kier alpha value is -2.42. The second-order valence-corrected chi connectivity index (χ2v) is 6.04. The number of nitrogen functional groups attached to an aromatic ring is 1. The maximum atomic E-state index is 11.6. The molecule has 2 aromatic rings. The summed E-state index contributed by atoms with van der Waals surface area (Å²) in [6.07, 6.45) is 2.38. The van der Waals surface area contributed by atoms with Crippen LogP contribution in [0.25, 0.3) is 11.2 Å². The molecule has 0 aromatic carbocycles. The van der Waals surface area contributed by atoms with E-state index in [0.717, 1.165) is 6.42 Å². The fourth-order valence-electron chi connectivity index (χ4n) is 3.17. The highest BCUT2D eigenvalue weighted by molar-refractivity contribution is 5.77. The molecule has 1 saturated heterocycles. The number of nitrogens with zero attached hydrogens (tertiary/aromatic N) is 4. The Bertz CT molecular complexity index is 777. The number of aromatic nitrogens is 4. The van der Waals surface area contributed by atoms with Crippen LogP contribution in [-0.2, 0) is 14.3 Å². The number of anilines is 1. The zero-order valence-electron chi connectivity index (χ0n) is 14.1.